The fraction of sp³-hybridized carbons (Fsp3) is 0.333. The molecule has 0 radical (unpaired) electrons. The van der Waals surface area contributed by atoms with Crippen molar-refractivity contribution in [3.63, 3.8) is 0 Å². The lowest BCUT2D eigenvalue weighted by molar-refractivity contribution is -0.139. The lowest BCUT2D eigenvalue weighted by Crippen LogP contribution is -2.53. The molecule has 2 aliphatic rings. The number of piperazine rings is 1. The third kappa shape index (κ3) is 4.14. The van der Waals surface area contributed by atoms with Crippen molar-refractivity contribution in [3.8, 4) is 0 Å². The van der Waals surface area contributed by atoms with Crippen LogP contribution in [0.2, 0.25) is 0 Å². The standard InChI is InChI=1S/C21H21BrFN5O3S/c1-3-31-20(29)16-15-11-27(21(30)24-2)7-8-28(15)18(19-25-6-9-32-19)26-17(16)13-5-4-12(23)10-14(13)22/h4-6,9-10,17H,3,7-8,11H2,1-2H3,(H,24,30)/t17-/m0/s1. The number of carbonyl (C=O) groups is 2. The van der Waals surface area contributed by atoms with Gasteiger partial charge in [-0.1, -0.05) is 22.0 Å². The molecule has 1 aromatic heterocycles. The van der Waals surface area contributed by atoms with Gasteiger partial charge in [0.05, 0.1) is 24.4 Å². The largest absolute Gasteiger partial charge is 0.463 e. The summed E-state index contributed by atoms with van der Waals surface area (Å²) in [6.45, 7) is 3.02. The zero-order chi connectivity index (χ0) is 22.8. The number of halogens is 2. The first-order chi connectivity index (χ1) is 15.4. The Bertz CT molecular complexity index is 1100. The molecule has 0 bridgehead atoms. The van der Waals surface area contributed by atoms with Crippen LogP contribution in [0.5, 0.6) is 0 Å². The molecule has 1 atom stereocenters. The first-order valence-corrected chi connectivity index (χ1v) is 11.7. The molecular formula is C21H21BrFN5O3S. The number of amidine groups is 1. The molecule has 2 amide bonds. The molecular weight excluding hydrogens is 501 g/mol. The minimum atomic E-state index is -0.751. The van der Waals surface area contributed by atoms with Crippen LogP contribution < -0.4 is 5.32 Å². The molecule has 2 aliphatic heterocycles. The first kappa shape index (κ1) is 22.4. The maximum atomic E-state index is 13.8. The summed E-state index contributed by atoms with van der Waals surface area (Å²) in [5.74, 6) is -0.314. The smallest absolute Gasteiger partial charge is 0.338 e. The highest BCUT2D eigenvalue weighted by Gasteiger charge is 2.40. The Kier molecular flexibility index (Phi) is 6.56. The molecule has 1 fully saturated rings. The topological polar surface area (TPSA) is 87.1 Å². The molecule has 11 heteroatoms. The summed E-state index contributed by atoms with van der Waals surface area (Å²) in [5, 5.41) is 5.19. The van der Waals surface area contributed by atoms with Gasteiger partial charge in [0.2, 0.25) is 0 Å². The molecule has 2 aromatic rings. The molecule has 0 spiro atoms. The van der Waals surface area contributed by atoms with Crippen LogP contribution >= 0.6 is 27.3 Å². The predicted octanol–water partition coefficient (Wildman–Crippen LogP) is 3.32. The van der Waals surface area contributed by atoms with Crippen molar-refractivity contribution in [1.29, 1.82) is 0 Å². The molecule has 1 aromatic carbocycles. The van der Waals surface area contributed by atoms with E-state index in [2.05, 4.69) is 26.2 Å². The van der Waals surface area contributed by atoms with Crippen molar-refractivity contribution in [2.45, 2.75) is 13.0 Å². The van der Waals surface area contributed by atoms with E-state index in [1.165, 1.54) is 23.5 Å². The van der Waals surface area contributed by atoms with Crippen LogP contribution in [0.4, 0.5) is 9.18 Å². The van der Waals surface area contributed by atoms with E-state index in [-0.39, 0.29) is 19.2 Å². The molecule has 32 heavy (non-hydrogen) atoms. The summed E-state index contributed by atoms with van der Waals surface area (Å²) in [7, 11) is 1.57. The second-order valence-corrected chi connectivity index (χ2v) is 8.82. The highest BCUT2D eigenvalue weighted by molar-refractivity contribution is 9.10. The average molecular weight is 522 g/mol. The Morgan fingerprint density at radius 1 is 1.38 bits per heavy atom. The summed E-state index contributed by atoms with van der Waals surface area (Å²) >= 11 is 4.85. The number of ether oxygens (including phenoxy) is 1. The molecule has 1 saturated heterocycles. The number of hydrogen-bond donors (Lipinski definition) is 1. The molecule has 0 aliphatic carbocycles. The average Bonchev–Trinajstić information content (AvgIpc) is 3.32. The number of hydrogen-bond acceptors (Lipinski definition) is 7. The number of aliphatic imine (C=N–C) groups is 1. The molecule has 168 valence electrons. The third-order valence-electron chi connectivity index (χ3n) is 5.23. The number of nitrogens with zero attached hydrogens (tertiary/aromatic N) is 4. The van der Waals surface area contributed by atoms with Crippen LogP contribution in [0.3, 0.4) is 0 Å². The van der Waals surface area contributed by atoms with Crippen molar-refractivity contribution in [3.05, 3.63) is 61.9 Å². The number of esters is 1. The lowest BCUT2D eigenvalue weighted by Gasteiger charge is -2.42. The minimum Gasteiger partial charge on any atom is -0.463 e. The number of fused-ring (bicyclic) bond motifs is 1. The number of amides is 2. The molecule has 0 unspecified atom stereocenters. The van der Waals surface area contributed by atoms with E-state index >= 15 is 0 Å². The Morgan fingerprint density at radius 3 is 2.84 bits per heavy atom. The maximum Gasteiger partial charge on any atom is 0.338 e. The number of thiazole rings is 1. The SMILES string of the molecule is CCOC(=O)C1=C2CN(C(=O)NC)CCN2C(c2nccs2)=N[C@H]1c1ccc(F)cc1Br. The zero-order valence-electron chi connectivity index (χ0n) is 17.5. The fourth-order valence-electron chi connectivity index (χ4n) is 3.80. The third-order valence-corrected chi connectivity index (χ3v) is 6.68. The number of benzene rings is 1. The van der Waals surface area contributed by atoms with E-state index in [1.807, 2.05) is 10.3 Å². The monoisotopic (exact) mass is 521 g/mol. The van der Waals surface area contributed by atoms with Crippen molar-refractivity contribution in [2.75, 3.05) is 33.3 Å². The van der Waals surface area contributed by atoms with Crippen LogP contribution in [-0.2, 0) is 9.53 Å². The molecule has 1 N–H and O–H groups in total. The van der Waals surface area contributed by atoms with Gasteiger partial charge in [0.25, 0.3) is 0 Å². The van der Waals surface area contributed by atoms with Crippen molar-refractivity contribution in [2.24, 2.45) is 4.99 Å². The normalized spacial score (nSPS) is 18.2. The highest BCUT2D eigenvalue weighted by atomic mass is 79.9. The summed E-state index contributed by atoms with van der Waals surface area (Å²) in [6, 6.07) is 3.28. The van der Waals surface area contributed by atoms with Gasteiger partial charge in [0, 0.05) is 36.2 Å². The van der Waals surface area contributed by atoms with Gasteiger partial charge in [-0.25, -0.2) is 19.0 Å². The van der Waals surface area contributed by atoms with E-state index in [9.17, 15) is 14.0 Å². The van der Waals surface area contributed by atoms with Gasteiger partial charge in [-0.15, -0.1) is 11.3 Å². The van der Waals surface area contributed by atoms with Crippen molar-refractivity contribution in [1.82, 2.24) is 20.1 Å². The van der Waals surface area contributed by atoms with Crippen LogP contribution in [-0.4, -0.2) is 65.9 Å². The maximum absolute atomic E-state index is 13.8. The summed E-state index contributed by atoms with van der Waals surface area (Å²) in [5.41, 5.74) is 1.57. The van der Waals surface area contributed by atoms with Crippen LogP contribution in [0.25, 0.3) is 0 Å². The van der Waals surface area contributed by atoms with Gasteiger partial charge in [-0.05, 0) is 24.6 Å². The summed E-state index contributed by atoms with van der Waals surface area (Å²) in [4.78, 5) is 38.4. The van der Waals surface area contributed by atoms with Gasteiger partial charge in [-0.3, -0.25) is 4.99 Å². The van der Waals surface area contributed by atoms with Gasteiger partial charge in [0.15, 0.2) is 10.8 Å². The Morgan fingerprint density at radius 2 is 2.19 bits per heavy atom. The van der Waals surface area contributed by atoms with E-state index < -0.39 is 17.8 Å². The lowest BCUT2D eigenvalue weighted by atomic mass is 9.93. The van der Waals surface area contributed by atoms with Crippen molar-refractivity contribution < 1.29 is 18.7 Å². The van der Waals surface area contributed by atoms with E-state index in [1.54, 1.807) is 31.1 Å². The van der Waals surface area contributed by atoms with Crippen LogP contribution in [0, 0.1) is 5.82 Å². The highest BCUT2D eigenvalue weighted by Crippen LogP contribution is 2.40. The van der Waals surface area contributed by atoms with E-state index in [0.29, 0.717) is 45.2 Å². The zero-order valence-corrected chi connectivity index (χ0v) is 19.9. The number of urea groups is 1. The summed E-state index contributed by atoms with van der Waals surface area (Å²) in [6.07, 6.45) is 1.69. The molecule has 4 rings (SSSR count). The van der Waals surface area contributed by atoms with Gasteiger partial charge >= 0.3 is 12.0 Å². The Balaban J connectivity index is 1.91. The summed E-state index contributed by atoms with van der Waals surface area (Å²) < 4.78 is 19.7. The predicted molar refractivity (Wildman–Crippen MR) is 122 cm³/mol. The Hall–Kier alpha value is -2.79. The number of carbonyl (C=O) groups excluding carboxylic acids is 2. The quantitative estimate of drug-likeness (QED) is 0.623. The first-order valence-electron chi connectivity index (χ1n) is 10.0. The molecule has 8 nitrogen and oxygen atoms in total. The van der Waals surface area contributed by atoms with Crippen LogP contribution in [0.1, 0.15) is 23.5 Å². The second kappa shape index (κ2) is 9.37. The molecule has 3 heterocycles. The minimum absolute atomic E-state index is 0.190. The second-order valence-electron chi connectivity index (χ2n) is 7.07. The number of aromatic nitrogens is 1. The van der Waals surface area contributed by atoms with E-state index in [4.69, 9.17) is 9.73 Å². The van der Waals surface area contributed by atoms with Crippen LogP contribution in [0.15, 0.2) is 50.5 Å². The van der Waals surface area contributed by atoms with Gasteiger partial charge in [0.1, 0.15) is 11.9 Å². The molecule has 0 saturated carbocycles. The number of rotatable bonds is 4. The number of nitrogens with one attached hydrogen (secondary N) is 1. The van der Waals surface area contributed by atoms with Crippen molar-refractivity contribution >= 4 is 45.1 Å². The van der Waals surface area contributed by atoms with Gasteiger partial charge < -0.3 is 19.9 Å². The Labute approximate surface area is 196 Å². The van der Waals surface area contributed by atoms with Gasteiger partial charge in [-0.2, -0.15) is 0 Å². The van der Waals surface area contributed by atoms with E-state index in [0.717, 1.165) is 0 Å². The fourth-order valence-corrected chi connectivity index (χ4v) is 5.01.